The van der Waals surface area contributed by atoms with Gasteiger partial charge in [-0.05, 0) is 30.5 Å². The highest BCUT2D eigenvalue weighted by Crippen LogP contribution is 2.35. The SMILES string of the molecule is Cn1cnc2c(-c3ccc(C(F)(F)F)cc3)cnc(NC3CC(C(N)=O)C3)c2c1=O. The quantitative estimate of drug-likeness (QED) is 0.680. The molecule has 0 spiro atoms. The molecule has 1 saturated carbocycles. The normalized spacial score (nSPS) is 18.8. The number of hydrogen-bond acceptors (Lipinski definition) is 5. The molecule has 3 aromatic rings. The van der Waals surface area contributed by atoms with Crippen LogP contribution in [0.2, 0.25) is 0 Å². The standard InChI is InChI=1S/C20H18F3N5O2/c1-28-9-26-16-14(10-2-4-12(5-3-10)20(21,22)23)8-25-18(15(16)19(28)30)27-13-6-11(7-13)17(24)29/h2-5,8-9,11,13H,6-7H2,1H3,(H2,24,29)(H,25,27). The zero-order valence-electron chi connectivity index (χ0n) is 15.9. The van der Waals surface area contributed by atoms with Gasteiger partial charge in [-0.25, -0.2) is 9.97 Å². The minimum absolute atomic E-state index is 0.0555. The molecule has 2 aromatic heterocycles. The van der Waals surface area contributed by atoms with Crippen molar-refractivity contribution in [1.82, 2.24) is 14.5 Å². The van der Waals surface area contributed by atoms with Crippen LogP contribution in [0, 0.1) is 5.92 Å². The molecule has 0 saturated heterocycles. The van der Waals surface area contributed by atoms with Crippen LogP contribution in [0.25, 0.3) is 22.0 Å². The van der Waals surface area contributed by atoms with Crippen molar-refractivity contribution in [2.75, 3.05) is 5.32 Å². The third-order valence-electron chi connectivity index (χ3n) is 5.35. The summed E-state index contributed by atoms with van der Waals surface area (Å²) < 4.78 is 39.9. The van der Waals surface area contributed by atoms with Crippen LogP contribution in [0.4, 0.5) is 19.0 Å². The minimum Gasteiger partial charge on any atom is -0.369 e. The Morgan fingerprint density at radius 1 is 1.20 bits per heavy atom. The Morgan fingerprint density at radius 2 is 1.87 bits per heavy atom. The fraction of sp³-hybridized carbons (Fsp3) is 0.300. The minimum atomic E-state index is -4.44. The van der Waals surface area contributed by atoms with E-state index in [9.17, 15) is 22.8 Å². The Bertz CT molecular complexity index is 1180. The second-order valence-corrected chi connectivity index (χ2v) is 7.39. The fourth-order valence-corrected chi connectivity index (χ4v) is 3.53. The second kappa shape index (κ2) is 7.12. The lowest BCUT2D eigenvalue weighted by Gasteiger charge is -2.34. The van der Waals surface area contributed by atoms with Crippen LogP contribution >= 0.6 is 0 Å². The summed E-state index contributed by atoms with van der Waals surface area (Å²) in [5, 5.41) is 3.40. The van der Waals surface area contributed by atoms with E-state index in [0.717, 1.165) is 12.1 Å². The molecule has 7 nitrogen and oxygen atoms in total. The van der Waals surface area contributed by atoms with Gasteiger partial charge in [0, 0.05) is 30.8 Å². The lowest BCUT2D eigenvalue weighted by Crippen LogP contribution is -2.42. The number of fused-ring (bicyclic) bond motifs is 1. The van der Waals surface area contributed by atoms with Crippen molar-refractivity contribution in [1.29, 1.82) is 0 Å². The number of nitrogens with two attached hydrogens (primary N) is 1. The van der Waals surface area contributed by atoms with Gasteiger partial charge in [0.15, 0.2) is 0 Å². The first-order valence-corrected chi connectivity index (χ1v) is 9.23. The molecular formula is C20H18F3N5O2. The summed E-state index contributed by atoms with van der Waals surface area (Å²) in [5.41, 5.74) is 5.44. The van der Waals surface area contributed by atoms with Crippen molar-refractivity contribution >= 4 is 22.6 Å². The molecule has 1 amide bonds. The van der Waals surface area contributed by atoms with Gasteiger partial charge in [0.1, 0.15) is 11.2 Å². The van der Waals surface area contributed by atoms with Crippen LogP contribution in [-0.4, -0.2) is 26.5 Å². The van der Waals surface area contributed by atoms with E-state index in [0.29, 0.717) is 35.3 Å². The van der Waals surface area contributed by atoms with E-state index in [1.54, 1.807) is 7.05 Å². The lowest BCUT2D eigenvalue weighted by molar-refractivity contribution is -0.137. The number of amides is 1. The molecule has 0 unspecified atom stereocenters. The number of hydrogen-bond donors (Lipinski definition) is 2. The van der Waals surface area contributed by atoms with Gasteiger partial charge in [0.05, 0.1) is 17.4 Å². The molecule has 1 aromatic carbocycles. The lowest BCUT2D eigenvalue weighted by atomic mass is 9.80. The zero-order valence-corrected chi connectivity index (χ0v) is 15.9. The van der Waals surface area contributed by atoms with Crippen LogP contribution in [0.5, 0.6) is 0 Å². The first kappa shape index (κ1) is 19.9. The number of carbonyl (C=O) groups is 1. The summed E-state index contributed by atoms with van der Waals surface area (Å²) in [7, 11) is 1.55. The van der Waals surface area contributed by atoms with Crippen LogP contribution in [0.15, 0.2) is 41.6 Å². The van der Waals surface area contributed by atoms with Gasteiger partial charge in [-0.1, -0.05) is 12.1 Å². The number of benzene rings is 1. The predicted molar refractivity (Wildman–Crippen MR) is 105 cm³/mol. The maximum Gasteiger partial charge on any atom is 0.416 e. The summed E-state index contributed by atoms with van der Waals surface area (Å²) in [6.45, 7) is 0. The molecule has 0 radical (unpaired) electrons. The first-order chi connectivity index (χ1) is 14.1. The highest BCUT2D eigenvalue weighted by Gasteiger charge is 2.34. The number of pyridine rings is 1. The van der Waals surface area contributed by atoms with Crippen molar-refractivity contribution in [3.05, 3.63) is 52.7 Å². The smallest absolute Gasteiger partial charge is 0.369 e. The Kier molecular flexibility index (Phi) is 4.71. The molecule has 4 rings (SSSR count). The number of halogens is 3. The molecule has 30 heavy (non-hydrogen) atoms. The van der Waals surface area contributed by atoms with Crippen LogP contribution < -0.4 is 16.6 Å². The molecule has 1 fully saturated rings. The van der Waals surface area contributed by atoms with E-state index in [-0.39, 0.29) is 28.8 Å². The number of aromatic nitrogens is 3. The molecule has 0 aliphatic heterocycles. The van der Waals surface area contributed by atoms with Gasteiger partial charge < -0.3 is 15.6 Å². The Morgan fingerprint density at radius 3 is 2.47 bits per heavy atom. The van der Waals surface area contributed by atoms with Gasteiger partial charge in [0.2, 0.25) is 5.91 Å². The van der Waals surface area contributed by atoms with Gasteiger partial charge in [-0.15, -0.1) is 0 Å². The Hall–Kier alpha value is -3.43. The van der Waals surface area contributed by atoms with Crippen molar-refractivity contribution in [2.24, 2.45) is 18.7 Å². The van der Waals surface area contributed by atoms with Crippen molar-refractivity contribution in [2.45, 2.75) is 25.1 Å². The van der Waals surface area contributed by atoms with Gasteiger partial charge in [-0.3, -0.25) is 9.59 Å². The highest BCUT2D eigenvalue weighted by atomic mass is 19.4. The summed E-state index contributed by atoms with van der Waals surface area (Å²) in [6.07, 6.45) is -0.524. The maximum atomic E-state index is 12.9. The molecule has 1 aliphatic rings. The third kappa shape index (κ3) is 3.49. The maximum absolute atomic E-state index is 12.9. The largest absolute Gasteiger partial charge is 0.416 e. The van der Waals surface area contributed by atoms with Crippen LogP contribution in [-0.2, 0) is 18.0 Å². The fourth-order valence-electron chi connectivity index (χ4n) is 3.53. The van der Waals surface area contributed by atoms with E-state index in [4.69, 9.17) is 5.73 Å². The third-order valence-corrected chi connectivity index (χ3v) is 5.35. The van der Waals surface area contributed by atoms with Crippen LogP contribution in [0.3, 0.4) is 0 Å². The van der Waals surface area contributed by atoms with E-state index >= 15 is 0 Å². The van der Waals surface area contributed by atoms with Gasteiger partial charge in [0.25, 0.3) is 5.56 Å². The average Bonchev–Trinajstić information content (AvgIpc) is 2.66. The number of carbonyl (C=O) groups excluding carboxylic acids is 1. The Labute approximate surface area is 168 Å². The first-order valence-electron chi connectivity index (χ1n) is 9.23. The summed E-state index contributed by atoms with van der Waals surface area (Å²) in [4.78, 5) is 32.7. The molecule has 3 N–H and O–H groups in total. The zero-order chi connectivity index (χ0) is 21.6. The van der Waals surface area contributed by atoms with E-state index in [1.165, 1.54) is 29.2 Å². The number of rotatable bonds is 4. The molecular weight excluding hydrogens is 399 g/mol. The monoisotopic (exact) mass is 417 g/mol. The molecule has 10 heteroatoms. The highest BCUT2D eigenvalue weighted by molar-refractivity contribution is 5.98. The summed E-state index contributed by atoms with van der Waals surface area (Å²) in [6, 6.07) is 4.56. The topological polar surface area (TPSA) is 103 Å². The van der Waals surface area contributed by atoms with E-state index in [1.807, 2.05) is 0 Å². The van der Waals surface area contributed by atoms with Gasteiger partial charge >= 0.3 is 6.18 Å². The summed E-state index contributed by atoms with van der Waals surface area (Å²) in [5.74, 6) is -0.246. The van der Waals surface area contributed by atoms with E-state index in [2.05, 4.69) is 15.3 Å². The number of alkyl halides is 3. The van der Waals surface area contributed by atoms with Crippen molar-refractivity contribution in [3.63, 3.8) is 0 Å². The van der Waals surface area contributed by atoms with Gasteiger partial charge in [-0.2, -0.15) is 13.2 Å². The van der Waals surface area contributed by atoms with Crippen molar-refractivity contribution < 1.29 is 18.0 Å². The van der Waals surface area contributed by atoms with Crippen molar-refractivity contribution in [3.8, 4) is 11.1 Å². The number of nitrogens with zero attached hydrogens (tertiary/aromatic N) is 3. The summed E-state index contributed by atoms with van der Waals surface area (Å²) >= 11 is 0. The number of aryl methyl sites for hydroxylation is 1. The Balaban J connectivity index is 1.75. The number of anilines is 1. The molecule has 1 aliphatic carbocycles. The predicted octanol–water partition coefficient (Wildman–Crippen LogP) is 2.69. The van der Waals surface area contributed by atoms with E-state index < -0.39 is 11.7 Å². The van der Waals surface area contributed by atoms with Crippen LogP contribution in [0.1, 0.15) is 18.4 Å². The average molecular weight is 417 g/mol. The molecule has 0 atom stereocenters. The molecule has 2 heterocycles. The molecule has 156 valence electrons. The number of nitrogens with one attached hydrogen (secondary N) is 1. The molecule has 0 bridgehead atoms. The number of primary amides is 1. The second-order valence-electron chi connectivity index (χ2n) is 7.39.